The molecule has 1 aromatic rings. The molecule has 2 aliphatic heterocycles. The van der Waals surface area contributed by atoms with Crippen LogP contribution in [0.25, 0.3) is 0 Å². The molecule has 1 atom stereocenters. The van der Waals surface area contributed by atoms with Gasteiger partial charge in [0.15, 0.2) is 5.96 Å². The molecule has 2 aliphatic rings. The normalized spacial score (nSPS) is 21.3. The van der Waals surface area contributed by atoms with Crippen LogP contribution < -0.4 is 15.5 Å². The average molecular weight is 407 g/mol. The van der Waals surface area contributed by atoms with Gasteiger partial charge >= 0.3 is 0 Å². The molecule has 1 aromatic carbocycles. The average Bonchev–Trinajstić information content (AvgIpc) is 2.75. The predicted octanol–water partition coefficient (Wildman–Crippen LogP) is 2.85. The van der Waals surface area contributed by atoms with Crippen LogP contribution in [-0.4, -0.2) is 64.6 Å². The Kier molecular flexibility index (Phi) is 8.55. The number of hydrogen-bond acceptors (Lipinski definition) is 4. The highest BCUT2D eigenvalue weighted by Crippen LogP contribution is 2.24. The fraction of sp³-hybridized carbons (Fsp3) is 0.682. The molecule has 2 heterocycles. The zero-order valence-corrected chi connectivity index (χ0v) is 17.8. The Labute approximate surface area is 173 Å². The zero-order chi connectivity index (χ0) is 20.5. The summed E-state index contributed by atoms with van der Waals surface area (Å²) in [5.41, 5.74) is 1.78. The van der Waals surface area contributed by atoms with Gasteiger partial charge in [-0.25, -0.2) is 4.39 Å². The van der Waals surface area contributed by atoms with Crippen LogP contribution in [0.15, 0.2) is 23.2 Å². The van der Waals surface area contributed by atoms with Gasteiger partial charge in [-0.1, -0.05) is 6.07 Å². The minimum Gasteiger partial charge on any atom is -0.381 e. The molecule has 29 heavy (non-hydrogen) atoms. The van der Waals surface area contributed by atoms with Crippen molar-refractivity contribution in [2.24, 2.45) is 4.99 Å². The number of nitrogens with zero attached hydrogens (tertiary/aromatic N) is 2. The van der Waals surface area contributed by atoms with Crippen molar-refractivity contribution in [3.63, 3.8) is 0 Å². The smallest absolute Gasteiger partial charge is 0.191 e. The van der Waals surface area contributed by atoms with Crippen molar-refractivity contribution < 1.29 is 13.9 Å². The molecule has 0 saturated carbocycles. The highest BCUT2D eigenvalue weighted by Gasteiger charge is 2.23. The molecule has 2 saturated heterocycles. The number of benzene rings is 1. The van der Waals surface area contributed by atoms with Crippen LogP contribution in [0.5, 0.6) is 0 Å². The van der Waals surface area contributed by atoms with Gasteiger partial charge in [0.2, 0.25) is 0 Å². The monoisotopic (exact) mass is 406 g/mol. The number of guanidine groups is 1. The van der Waals surface area contributed by atoms with E-state index >= 15 is 0 Å². The second kappa shape index (κ2) is 11.4. The SMILES string of the molecule is CN=C(NCCCOC1CCOCC1)NC1CCCN(c2cc(C)ccc2F)C1. The lowest BCUT2D eigenvalue weighted by molar-refractivity contribution is -0.0320. The van der Waals surface area contributed by atoms with E-state index in [-0.39, 0.29) is 11.9 Å². The number of nitrogens with one attached hydrogen (secondary N) is 2. The Hall–Kier alpha value is -1.86. The van der Waals surface area contributed by atoms with Crippen molar-refractivity contribution in [2.45, 2.75) is 51.2 Å². The molecule has 2 fully saturated rings. The second-order valence-electron chi connectivity index (χ2n) is 7.92. The van der Waals surface area contributed by atoms with Gasteiger partial charge in [-0.15, -0.1) is 0 Å². The summed E-state index contributed by atoms with van der Waals surface area (Å²) >= 11 is 0. The number of rotatable bonds is 7. The van der Waals surface area contributed by atoms with Crippen molar-refractivity contribution in [1.82, 2.24) is 10.6 Å². The van der Waals surface area contributed by atoms with Gasteiger partial charge in [0, 0.05) is 52.5 Å². The van der Waals surface area contributed by atoms with E-state index in [9.17, 15) is 4.39 Å². The van der Waals surface area contributed by atoms with Gasteiger partial charge in [0.25, 0.3) is 0 Å². The molecule has 0 spiro atoms. The van der Waals surface area contributed by atoms with Crippen LogP contribution in [0.3, 0.4) is 0 Å². The topological polar surface area (TPSA) is 58.1 Å². The highest BCUT2D eigenvalue weighted by molar-refractivity contribution is 5.80. The zero-order valence-electron chi connectivity index (χ0n) is 17.8. The number of ether oxygens (including phenoxy) is 2. The predicted molar refractivity (Wildman–Crippen MR) is 115 cm³/mol. The van der Waals surface area contributed by atoms with E-state index in [1.54, 1.807) is 13.1 Å². The van der Waals surface area contributed by atoms with Crippen LogP contribution >= 0.6 is 0 Å². The maximum atomic E-state index is 14.3. The molecule has 0 amide bonds. The van der Waals surface area contributed by atoms with E-state index in [1.165, 1.54) is 0 Å². The van der Waals surface area contributed by atoms with Gasteiger partial charge < -0.3 is 25.0 Å². The first-order chi connectivity index (χ1) is 14.2. The minimum absolute atomic E-state index is 0.150. The molecule has 0 aliphatic carbocycles. The Morgan fingerprint density at radius 2 is 2.14 bits per heavy atom. The fourth-order valence-electron chi connectivity index (χ4n) is 3.94. The van der Waals surface area contributed by atoms with Crippen LogP contribution in [0.1, 0.15) is 37.7 Å². The summed E-state index contributed by atoms with van der Waals surface area (Å²) in [7, 11) is 1.79. The molecule has 1 unspecified atom stereocenters. The number of hydrogen-bond donors (Lipinski definition) is 2. The standard InChI is InChI=1S/C22H35FN4O2/c1-17-6-7-20(23)21(15-17)27-11-3-5-18(16-27)26-22(24-2)25-10-4-12-29-19-8-13-28-14-9-19/h6-7,15,18-19H,3-5,8-14,16H2,1-2H3,(H2,24,25,26). The number of piperidine rings is 1. The first-order valence-electron chi connectivity index (χ1n) is 10.8. The highest BCUT2D eigenvalue weighted by atomic mass is 19.1. The Morgan fingerprint density at radius 3 is 2.93 bits per heavy atom. The number of anilines is 1. The third kappa shape index (κ3) is 6.85. The lowest BCUT2D eigenvalue weighted by Crippen LogP contribution is -2.51. The molecular weight excluding hydrogens is 371 g/mol. The Morgan fingerprint density at radius 1 is 1.31 bits per heavy atom. The Balaban J connectivity index is 1.40. The van der Waals surface area contributed by atoms with E-state index in [1.807, 2.05) is 19.1 Å². The summed E-state index contributed by atoms with van der Waals surface area (Å²) in [5.74, 6) is 0.649. The van der Waals surface area contributed by atoms with Crippen molar-refractivity contribution in [3.05, 3.63) is 29.6 Å². The number of aryl methyl sites for hydroxylation is 1. The maximum Gasteiger partial charge on any atom is 0.191 e. The van der Waals surface area contributed by atoms with E-state index in [0.29, 0.717) is 11.8 Å². The minimum atomic E-state index is -0.150. The quantitative estimate of drug-likeness (QED) is 0.414. The van der Waals surface area contributed by atoms with E-state index in [2.05, 4.69) is 20.5 Å². The van der Waals surface area contributed by atoms with E-state index < -0.39 is 0 Å². The fourth-order valence-corrected chi connectivity index (χ4v) is 3.94. The summed E-state index contributed by atoms with van der Waals surface area (Å²) in [6, 6.07) is 5.55. The third-order valence-electron chi connectivity index (χ3n) is 5.56. The lowest BCUT2D eigenvalue weighted by atomic mass is 10.0. The van der Waals surface area contributed by atoms with Crippen molar-refractivity contribution in [2.75, 3.05) is 51.4 Å². The van der Waals surface area contributed by atoms with Crippen molar-refractivity contribution in [1.29, 1.82) is 0 Å². The van der Waals surface area contributed by atoms with Gasteiger partial charge in [0.1, 0.15) is 5.82 Å². The van der Waals surface area contributed by atoms with Gasteiger partial charge in [-0.3, -0.25) is 4.99 Å². The summed E-state index contributed by atoms with van der Waals surface area (Å²) < 4.78 is 25.5. The van der Waals surface area contributed by atoms with Gasteiger partial charge in [0.05, 0.1) is 11.8 Å². The van der Waals surface area contributed by atoms with Crippen LogP contribution in [0.2, 0.25) is 0 Å². The molecule has 2 N–H and O–H groups in total. The van der Waals surface area contributed by atoms with Gasteiger partial charge in [-0.2, -0.15) is 0 Å². The first-order valence-corrected chi connectivity index (χ1v) is 10.8. The summed E-state index contributed by atoms with van der Waals surface area (Å²) in [5, 5.41) is 6.87. The van der Waals surface area contributed by atoms with E-state index in [0.717, 1.165) is 83.1 Å². The number of halogens is 1. The first kappa shape index (κ1) is 21.8. The molecule has 3 rings (SSSR count). The lowest BCUT2D eigenvalue weighted by Gasteiger charge is -2.35. The maximum absolute atomic E-state index is 14.3. The number of aliphatic imine (C=N–C) groups is 1. The molecule has 0 radical (unpaired) electrons. The van der Waals surface area contributed by atoms with Crippen LogP contribution in [0.4, 0.5) is 10.1 Å². The van der Waals surface area contributed by atoms with Crippen LogP contribution in [0, 0.1) is 12.7 Å². The summed E-state index contributed by atoms with van der Waals surface area (Å²) in [6.07, 6.45) is 5.35. The molecule has 0 bridgehead atoms. The third-order valence-corrected chi connectivity index (χ3v) is 5.56. The Bertz CT molecular complexity index is 664. The summed E-state index contributed by atoms with van der Waals surface area (Å²) in [4.78, 5) is 6.48. The summed E-state index contributed by atoms with van der Waals surface area (Å²) in [6.45, 7) is 6.83. The second-order valence-corrected chi connectivity index (χ2v) is 7.92. The largest absolute Gasteiger partial charge is 0.381 e. The molecule has 7 heteroatoms. The molecular formula is C22H35FN4O2. The van der Waals surface area contributed by atoms with E-state index in [4.69, 9.17) is 9.47 Å². The van der Waals surface area contributed by atoms with Crippen molar-refractivity contribution >= 4 is 11.6 Å². The van der Waals surface area contributed by atoms with Crippen molar-refractivity contribution in [3.8, 4) is 0 Å². The molecule has 162 valence electrons. The van der Waals surface area contributed by atoms with Crippen LogP contribution in [-0.2, 0) is 9.47 Å². The molecule has 6 nitrogen and oxygen atoms in total. The van der Waals surface area contributed by atoms with Gasteiger partial charge in [-0.05, 0) is 56.7 Å². The molecule has 0 aromatic heterocycles.